The van der Waals surface area contributed by atoms with E-state index in [-0.39, 0.29) is 0 Å². The first-order valence-electron chi connectivity index (χ1n) is 4.48. The van der Waals surface area contributed by atoms with Crippen LogP contribution in [0.3, 0.4) is 0 Å². The third kappa shape index (κ3) is 1.29. The summed E-state index contributed by atoms with van der Waals surface area (Å²) in [5.41, 5.74) is 1.75. The smallest absolute Gasteiger partial charge is 0.141 e. The standard InChI is InChI=1S/C11H6Cl2N2/c12-7-5-9(13)15-11-10(7)6-3-1-2-4-8(6)14-11/h1-5H,(H,14,15). The predicted molar refractivity (Wildman–Crippen MR) is 63.6 cm³/mol. The van der Waals surface area contributed by atoms with Crippen molar-refractivity contribution in [3.63, 3.8) is 0 Å². The van der Waals surface area contributed by atoms with Gasteiger partial charge in [-0.25, -0.2) is 4.98 Å². The van der Waals surface area contributed by atoms with Gasteiger partial charge in [-0.1, -0.05) is 41.4 Å². The predicted octanol–water partition coefficient (Wildman–Crippen LogP) is 4.02. The van der Waals surface area contributed by atoms with Crippen molar-refractivity contribution in [3.05, 3.63) is 40.5 Å². The van der Waals surface area contributed by atoms with E-state index >= 15 is 0 Å². The molecule has 2 aromatic heterocycles. The molecule has 2 heterocycles. The molecule has 74 valence electrons. The zero-order chi connectivity index (χ0) is 10.4. The highest BCUT2D eigenvalue weighted by Crippen LogP contribution is 2.31. The molecule has 3 aromatic rings. The molecule has 0 atom stereocenters. The first-order valence-corrected chi connectivity index (χ1v) is 5.24. The number of benzene rings is 1. The van der Waals surface area contributed by atoms with E-state index in [9.17, 15) is 0 Å². The lowest BCUT2D eigenvalue weighted by molar-refractivity contribution is 1.35. The van der Waals surface area contributed by atoms with E-state index in [4.69, 9.17) is 23.2 Å². The molecule has 2 nitrogen and oxygen atoms in total. The fourth-order valence-corrected chi connectivity index (χ4v) is 2.31. The van der Waals surface area contributed by atoms with E-state index in [0.29, 0.717) is 10.2 Å². The van der Waals surface area contributed by atoms with Crippen molar-refractivity contribution in [2.45, 2.75) is 0 Å². The molecule has 4 heteroatoms. The number of hydrogen-bond acceptors (Lipinski definition) is 1. The summed E-state index contributed by atoms with van der Waals surface area (Å²) >= 11 is 12.0. The topological polar surface area (TPSA) is 28.7 Å². The molecule has 0 fully saturated rings. The van der Waals surface area contributed by atoms with E-state index in [2.05, 4.69) is 9.97 Å². The summed E-state index contributed by atoms with van der Waals surface area (Å²) in [5.74, 6) is 0. The van der Waals surface area contributed by atoms with Crippen LogP contribution in [-0.4, -0.2) is 9.97 Å². The molecule has 0 radical (unpaired) electrons. The Morgan fingerprint density at radius 1 is 1.13 bits per heavy atom. The highest BCUT2D eigenvalue weighted by Gasteiger charge is 2.09. The minimum Gasteiger partial charge on any atom is -0.339 e. The molecule has 15 heavy (non-hydrogen) atoms. The van der Waals surface area contributed by atoms with Gasteiger partial charge < -0.3 is 4.98 Å². The molecule has 1 N–H and O–H groups in total. The second kappa shape index (κ2) is 3.12. The molecule has 0 unspecified atom stereocenters. The summed E-state index contributed by atoms with van der Waals surface area (Å²) in [6.07, 6.45) is 0. The SMILES string of the molecule is Clc1cc(Cl)c2c(n1)[nH]c1ccccc12. The summed E-state index contributed by atoms with van der Waals surface area (Å²) in [6.45, 7) is 0. The molecular formula is C11H6Cl2N2. The number of fused-ring (bicyclic) bond motifs is 3. The summed E-state index contributed by atoms with van der Waals surface area (Å²) in [6, 6.07) is 9.59. The summed E-state index contributed by atoms with van der Waals surface area (Å²) in [7, 11) is 0. The van der Waals surface area contributed by atoms with Crippen LogP contribution in [-0.2, 0) is 0 Å². The van der Waals surface area contributed by atoms with Crippen LogP contribution >= 0.6 is 23.2 Å². The van der Waals surface area contributed by atoms with Gasteiger partial charge in [0.2, 0.25) is 0 Å². The molecule has 0 saturated heterocycles. The van der Waals surface area contributed by atoms with Crippen LogP contribution in [0.15, 0.2) is 30.3 Å². The van der Waals surface area contributed by atoms with Gasteiger partial charge in [-0.15, -0.1) is 0 Å². The van der Waals surface area contributed by atoms with Gasteiger partial charge in [0.15, 0.2) is 0 Å². The Morgan fingerprint density at radius 2 is 1.93 bits per heavy atom. The third-order valence-electron chi connectivity index (χ3n) is 2.39. The van der Waals surface area contributed by atoms with Crippen LogP contribution in [0.1, 0.15) is 0 Å². The monoisotopic (exact) mass is 236 g/mol. The minimum absolute atomic E-state index is 0.402. The van der Waals surface area contributed by atoms with E-state index < -0.39 is 0 Å². The molecular weight excluding hydrogens is 231 g/mol. The van der Waals surface area contributed by atoms with Gasteiger partial charge in [0.05, 0.1) is 5.02 Å². The molecule has 0 aliphatic rings. The van der Waals surface area contributed by atoms with E-state index in [1.165, 1.54) is 0 Å². The van der Waals surface area contributed by atoms with E-state index in [1.807, 2.05) is 24.3 Å². The minimum atomic E-state index is 0.402. The Labute approximate surface area is 95.8 Å². The maximum absolute atomic E-state index is 6.14. The number of nitrogens with one attached hydrogen (secondary N) is 1. The third-order valence-corrected chi connectivity index (χ3v) is 2.88. The van der Waals surface area contributed by atoms with Crippen LogP contribution < -0.4 is 0 Å². The lowest BCUT2D eigenvalue weighted by Gasteiger charge is -1.95. The highest BCUT2D eigenvalue weighted by atomic mass is 35.5. The van der Waals surface area contributed by atoms with Crippen LogP contribution in [0.2, 0.25) is 10.2 Å². The fourth-order valence-electron chi connectivity index (χ4n) is 1.77. The largest absolute Gasteiger partial charge is 0.339 e. The Morgan fingerprint density at radius 3 is 2.80 bits per heavy atom. The van der Waals surface area contributed by atoms with Gasteiger partial charge in [0.1, 0.15) is 10.8 Å². The second-order valence-corrected chi connectivity index (χ2v) is 4.12. The molecule has 3 rings (SSSR count). The van der Waals surface area contributed by atoms with Gasteiger partial charge in [-0.2, -0.15) is 0 Å². The zero-order valence-electron chi connectivity index (χ0n) is 7.59. The van der Waals surface area contributed by atoms with Crippen molar-refractivity contribution in [2.24, 2.45) is 0 Å². The molecule has 0 aliphatic heterocycles. The molecule has 0 spiro atoms. The first kappa shape index (κ1) is 9.01. The van der Waals surface area contributed by atoms with Crippen molar-refractivity contribution in [1.29, 1.82) is 0 Å². The normalized spacial score (nSPS) is 11.3. The number of aromatic nitrogens is 2. The van der Waals surface area contributed by atoms with Crippen LogP contribution in [0.25, 0.3) is 21.9 Å². The number of H-pyrrole nitrogens is 1. The van der Waals surface area contributed by atoms with Crippen molar-refractivity contribution in [1.82, 2.24) is 9.97 Å². The van der Waals surface area contributed by atoms with Crippen LogP contribution in [0.5, 0.6) is 0 Å². The number of halogens is 2. The maximum Gasteiger partial charge on any atom is 0.141 e. The van der Waals surface area contributed by atoms with Gasteiger partial charge in [-0.3, -0.25) is 0 Å². The molecule has 0 saturated carbocycles. The Bertz CT molecular complexity index is 658. The van der Waals surface area contributed by atoms with E-state index in [0.717, 1.165) is 21.9 Å². The van der Waals surface area contributed by atoms with Gasteiger partial charge in [0, 0.05) is 16.3 Å². The second-order valence-electron chi connectivity index (χ2n) is 3.32. The Balaban J connectivity index is 2.61. The number of rotatable bonds is 0. The number of pyridine rings is 1. The van der Waals surface area contributed by atoms with Crippen LogP contribution in [0, 0.1) is 0 Å². The summed E-state index contributed by atoms with van der Waals surface area (Å²) < 4.78 is 0. The number of aromatic amines is 1. The Kier molecular flexibility index (Phi) is 1.87. The fraction of sp³-hybridized carbons (Fsp3) is 0. The lowest BCUT2D eigenvalue weighted by Crippen LogP contribution is -1.78. The first-order chi connectivity index (χ1) is 7.25. The van der Waals surface area contributed by atoms with Crippen LogP contribution in [0.4, 0.5) is 0 Å². The van der Waals surface area contributed by atoms with Gasteiger partial charge in [0.25, 0.3) is 0 Å². The van der Waals surface area contributed by atoms with Crippen molar-refractivity contribution in [2.75, 3.05) is 0 Å². The maximum atomic E-state index is 6.14. The van der Waals surface area contributed by atoms with Gasteiger partial charge >= 0.3 is 0 Å². The molecule has 0 bridgehead atoms. The molecule has 0 amide bonds. The molecule has 0 aliphatic carbocycles. The quantitative estimate of drug-likeness (QED) is 0.587. The summed E-state index contributed by atoms with van der Waals surface area (Å²) in [4.78, 5) is 7.38. The van der Waals surface area contributed by atoms with Crippen molar-refractivity contribution < 1.29 is 0 Å². The number of para-hydroxylation sites is 1. The Hall–Kier alpha value is -1.25. The van der Waals surface area contributed by atoms with Gasteiger partial charge in [-0.05, 0) is 12.1 Å². The summed E-state index contributed by atoms with van der Waals surface area (Å²) in [5, 5.41) is 3.03. The zero-order valence-corrected chi connectivity index (χ0v) is 9.10. The number of nitrogens with zero attached hydrogens (tertiary/aromatic N) is 1. The van der Waals surface area contributed by atoms with Crippen molar-refractivity contribution in [3.8, 4) is 0 Å². The average molecular weight is 237 g/mol. The average Bonchev–Trinajstić information content (AvgIpc) is 2.54. The lowest BCUT2D eigenvalue weighted by atomic mass is 10.2. The highest BCUT2D eigenvalue weighted by molar-refractivity contribution is 6.39. The molecule has 1 aromatic carbocycles. The number of hydrogen-bond donors (Lipinski definition) is 1. The van der Waals surface area contributed by atoms with E-state index in [1.54, 1.807) is 6.07 Å². The van der Waals surface area contributed by atoms with Crippen molar-refractivity contribution >= 4 is 45.1 Å².